The van der Waals surface area contributed by atoms with Gasteiger partial charge in [0, 0.05) is 12.2 Å². The molecule has 0 amide bonds. The number of H-pyrrole nitrogens is 1. The first kappa shape index (κ1) is 11.3. The molecule has 3 unspecified atom stereocenters. The zero-order chi connectivity index (χ0) is 12.8. The molecular formula is C15H20N4. The standard InChI is InChI=1S/C15H20N4/c1-2-9-7-16-14-13(9)15(18-8-17-14)19-12-6-10-4-3-5-11(10)12/h7-8,10-12H,2-6H2,1H3,(H2,16,17,18,19). The summed E-state index contributed by atoms with van der Waals surface area (Å²) in [6.07, 6.45) is 10.3. The summed E-state index contributed by atoms with van der Waals surface area (Å²) in [5, 5.41) is 4.87. The first-order valence-electron chi connectivity index (χ1n) is 7.44. The van der Waals surface area contributed by atoms with Crippen LogP contribution in [0.15, 0.2) is 12.5 Å². The monoisotopic (exact) mass is 256 g/mol. The predicted octanol–water partition coefficient (Wildman–Crippen LogP) is 3.12. The molecule has 2 aromatic rings. The molecular weight excluding hydrogens is 236 g/mol. The number of aromatic amines is 1. The van der Waals surface area contributed by atoms with Crippen molar-refractivity contribution in [1.29, 1.82) is 0 Å². The minimum Gasteiger partial charge on any atom is -0.366 e. The van der Waals surface area contributed by atoms with Crippen LogP contribution >= 0.6 is 0 Å². The summed E-state index contributed by atoms with van der Waals surface area (Å²) in [6, 6.07) is 0.630. The maximum Gasteiger partial charge on any atom is 0.143 e. The highest BCUT2D eigenvalue weighted by Crippen LogP contribution is 2.48. The molecule has 0 radical (unpaired) electrons. The molecule has 0 aliphatic heterocycles. The maximum atomic E-state index is 4.48. The van der Waals surface area contributed by atoms with E-state index in [1.54, 1.807) is 6.33 Å². The third kappa shape index (κ3) is 1.66. The number of fused-ring (bicyclic) bond motifs is 2. The van der Waals surface area contributed by atoms with E-state index in [0.717, 1.165) is 29.7 Å². The van der Waals surface area contributed by atoms with Crippen LogP contribution in [0.25, 0.3) is 11.0 Å². The molecule has 0 aromatic carbocycles. The van der Waals surface area contributed by atoms with Gasteiger partial charge < -0.3 is 10.3 Å². The van der Waals surface area contributed by atoms with Crippen LogP contribution in [0.3, 0.4) is 0 Å². The summed E-state index contributed by atoms with van der Waals surface area (Å²) in [5.41, 5.74) is 2.26. The zero-order valence-corrected chi connectivity index (χ0v) is 11.3. The molecule has 0 bridgehead atoms. The fourth-order valence-electron chi connectivity index (χ4n) is 3.95. The van der Waals surface area contributed by atoms with Crippen molar-refractivity contribution in [2.24, 2.45) is 11.8 Å². The van der Waals surface area contributed by atoms with Crippen molar-refractivity contribution in [2.45, 2.75) is 45.1 Å². The molecule has 2 aliphatic rings. The van der Waals surface area contributed by atoms with E-state index < -0.39 is 0 Å². The SMILES string of the molecule is CCc1c[nH]c2ncnc(NC3CC4CCCC43)c12. The van der Waals surface area contributed by atoms with Gasteiger partial charge in [0.25, 0.3) is 0 Å². The van der Waals surface area contributed by atoms with E-state index in [0.29, 0.717) is 6.04 Å². The molecule has 2 aliphatic carbocycles. The van der Waals surface area contributed by atoms with Gasteiger partial charge in [0.2, 0.25) is 0 Å². The van der Waals surface area contributed by atoms with Crippen LogP contribution in [0.2, 0.25) is 0 Å². The molecule has 2 N–H and O–H groups in total. The normalized spacial score (nSPS) is 29.2. The average molecular weight is 256 g/mol. The smallest absolute Gasteiger partial charge is 0.143 e. The van der Waals surface area contributed by atoms with E-state index in [1.807, 2.05) is 0 Å². The average Bonchev–Trinajstić information content (AvgIpc) is 2.99. The fraction of sp³-hybridized carbons (Fsp3) is 0.600. The molecule has 2 saturated carbocycles. The molecule has 2 aromatic heterocycles. The molecule has 2 fully saturated rings. The molecule has 4 heteroatoms. The molecule has 2 heterocycles. The van der Waals surface area contributed by atoms with Crippen LogP contribution in [0, 0.1) is 11.8 Å². The Balaban J connectivity index is 1.65. The van der Waals surface area contributed by atoms with Crippen LogP contribution in [0.5, 0.6) is 0 Å². The number of aryl methyl sites for hydroxylation is 1. The Bertz CT molecular complexity index is 603. The number of hydrogen-bond acceptors (Lipinski definition) is 3. The number of nitrogens with zero attached hydrogens (tertiary/aromatic N) is 2. The topological polar surface area (TPSA) is 53.6 Å². The number of aromatic nitrogens is 3. The lowest BCUT2D eigenvalue weighted by Gasteiger charge is -2.41. The van der Waals surface area contributed by atoms with Gasteiger partial charge in [0.1, 0.15) is 17.8 Å². The highest BCUT2D eigenvalue weighted by atomic mass is 15.1. The van der Waals surface area contributed by atoms with Crippen molar-refractivity contribution in [3.63, 3.8) is 0 Å². The van der Waals surface area contributed by atoms with Crippen molar-refractivity contribution in [2.75, 3.05) is 5.32 Å². The van der Waals surface area contributed by atoms with Crippen molar-refractivity contribution in [3.05, 3.63) is 18.1 Å². The van der Waals surface area contributed by atoms with Crippen LogP contribution in [0.4, 0.5) is 5.82 Å². The Morgan fingerprint density at radius 3 is 3.16 bits per heavy atom. The molecule has 3 atom stereocenters. The van der Waals surface area contributed by atoms with Gasteiger partial charge in [-0.25, -0.2) is 9.97 Å². The van der Waals surface area contributed by atoms with E-state index in [4.69, 9.17) is 0 Å². The maximum absolute atomic E-state index is 4.48. The third-order valence-electron chi connectivity index (χ3n) is 5.05. The molecule has 19 heavy (non-hydrogen) atoms. The van der Waals surface area contributed by atoms with Crippen LogP contribution in [0.1, 0.15) is 38.2 Å². The van der Waals surface area contributed by atoms with Gasteiger partial charge in [0.05, 0.1) is 5.39 Å². The summed E-state index contributed by atoms with van der Waals surface area (Å²) >= 11 is 0. The van der Waals surface area contributed by atoms with Crippen molar-refractivity contribution in [1.82, 2.24) is 15.0 Å². The lowest BCUT2D eigenvalue weighted by atomic mass is 9.71. The fourth-order valence-corrected chi connectivity index (χ4v) is 3.95. The minimum atomic E-state index is 0.630. The third-order valence-corrected chi connectivity index (χ3v) is 5.05. The summed E-state index contributed by atoms with van der Waals surface area (Å²) in [6.45, 7) is 2.18. The Morgan fingerprint density at radius 2 is 2.32 bits per heavy atom. The summed E-state index contributed by atoms with van der Waals surface area (Å²) in [4.78, 5) is 12.0. The Kier molecular flexibility index (Phi) is 2.50. The number of anilines is 1. The molecule has 0 spiro atoms. The molecule has 100 valence electrons. The van der Waals surface area contributed by atoms with Gasteiger partial charge >= 0.3 is 0 Å². The second-order valence-electron chi connectivity index (χ2n) is 5.95. The summed E-state index contributed by atoms with van der Waals surface area (Å²) in [5.74, 6) is 2.89. The summed E-state index contributed by atoms with van der Waals surface area (Å²) < 4.78 is 0. The van der Waals surface area contributed by atoms with Gasteiger partial charge in [-0.2, -0.15) is 0 Å². The Hall–Kier alpha value is -1.58. The van der Waals surface area contributed by atoms with Crippen LogP contribution in [-0.2, 0) is 6.42 Å². The molecule has 0 saturated heterocycles. The van der Waals surface area contributed by atoms with Crippen LogP contribution in [-0.4, -0.2) is 21.0 Å². The van der Waals surface area contributed by atoms with Crippen molar-refractivity contribution < 1.29 is 0 Å². The van der Waals surface area contributed by atoms with Gasteiger partial charge in [-0.3, -0.25) is 0 Å². The Morgan fingerprint density at radius 1 is 1.37 bits per heavy atom. The van der Waals surface area contributed by atoms with E-state index in [2.05, 4.69) is 33.4 Å². The first-order chi connectivity index (χ1) is 9.36. The number of nitrogens with one attached hydrogen (secondary N) is 2. The Labute approximate surface area is 113 Å². The van der Waals surface area contributed by atoms with Gasteiger partial charge in [-0.05, 0) is 36.7 Å². The quantitative estimate of drug-likeness (QED) is 0.887. The van der Waals surface area contributed by atoms with Crippen molar-refractivity contribution >= 4 is 16.9 Å². The van der Waals surface area contributed by atoms with Gasteiger partial charge in [-0.1, -0.05) is 19.8 Å². The van der Waals surface area contributed by atoms with Crippen LogP contribution < -0.4 is 5.32 Å². The molecule has 4 nitrogen and oxygen atoms in total. The number of rotatable bonds is 3. The first-order valence-corrected chi connectivity index (χ1v) is 7.44. The second kappa shape index (κ2) is 4.22. The predicted molar refractivity (Wildman–Crippen MR) is 76.1 cm³/mol. The lowest BCUT2D eigenvalue weighted by molar-refractivity contribution is 0.188. The molecule has 4 rings (SSSR count). The number of hydrogen-bond donors (Lipinski definition) is 2. The minimum absolute atomic E-state index is 0.630. The zero-order valence-electron chi connectivity index (χ0n) is 11.3. The van der Waals surface area contributed by atoms with E-state index in [-0.39, 0.29) is 0 Å². The highest BCUT2D eigenvalue weighted by Gasteiger charge is 2.43. The van der Waals surface area contributed by atoms with Gasteiger partial charge in [0.15, 0.2) is 0 Å². The van der Waals surface area contributed by atoms with E-state index in [9.17, 15) is 0 Å². The van der Waals surface area contributed by atoms with E-state index in [1.165, 1.54) is 36.6 Å². The van der Waals surface area contributed by atoms with Gasteiger partial charge in [-0.15, -0.1) is 0 Å². The summed E-state index contributed by atoms with van der Waals surface area (Å²) in [7, 11) is 0. The lowest BCUT2D eigenvalue weighted by Crippen LogP contribution is -2.43. The second-order valence-corrected chi connectivity index (χ2v) is 5.95. The largest absolute Gasteiger partial charge is 0.366 e. The van der Waals surface area contributed by atoms with E-state index >= 15 is 0 Å². The highest BCUT2D eigenvalue weighted by molar-refractivity contribution is 5.90. The van der Waals surface area contributed by atoms with Crippen molar-refractivity contribution in [3.8, 4) is 0 Å².